The lowest BCUT2D eigenvalue weighted by atomic mass is 9.78. The number of rotatable bonds is 4. The van der Waals surface area contributed by atoms with Crippen LogP contribution in [0.4, 0.5) is 13.2 Å². The molecule has 3 nitrogen and oxygen atoms in total. The number of hydrogen-bond donors (Lipinski definition) is 2. The van der Waals surface area contributed by atoms with Gasteiger partial charge in [-0.15, -0.1) is 0 Å². The summed E-state index contributed by atoms with van der Waals surface area (Å²) in [6, 6.07) is 6.52. The van der Waals surface area contributed by atoms with Gasteiger partial charge in [0.05, 0.1) is 5.92 Å². The van der Waals surface area contributed by atoms with Crippen molar-refractivity contribution < 1.29 is 23.1 Å². The molecule has 0 radical (unpaired) electrons. The maximum absolute atomic E-state index is 13.0. The fraction of sp³-hybridized carbons (Fsp3) is 0.562. The molecule has 1 saturated carbocycles. The average Bonchev–Trinajstić information content (AvgIpc) is 2.48. The first kappa shape index (κ1) is 16.6. The monoisotopic (exact) mass is 315 g/mol. The molecule has 1 aliphatic carbocycles. The Bertz CT molecular complexity index is 499. The molecule has 2 unspecified atom stereocenters. The number of phenols is 1. The second-order valence-electron chi connectivity index (χ2n) is 5.75. The van der Waals surface area contributed by atoms with E-state index in [9.17, 15) is 18.0 Å². The van der Waals surface area contributed by atoms with E-state index in [1.165, 1.54) is 12.1 Å². The van der Waals surface area contributed by atoms with E-state index >= 15 is 0 Å². The van der Waals surface area contributed by atoms with Crippen molar-refractivity contribution in [1.82, 2.24) is 5.32 Å². The Morgan fingerprint density at radius 3 is 2.45 bits per heavy atom. The van der Waals surface area contributed by atoms with Gasteiger partial charge < -0.3 is 10.4 Å². The number of aromatic hydroxyl groups is 1. The standard InChI is InChI=1S/C16H20F3NO2/c17-16(18,19)14-4-2-1-3-13(14)15(22)20-10-9-11-5-7-12(21)8-6-11/h5-8,13-14,21H,1-4,9-10H2,(H,20,22). The quantitative estimate of drug-likeness (QED) is 0.894. The topological polar surface area (TPSA) is 49.3 Å². The summed E-state index contributed by atoms with van der Waals surface area (Å²) in [7, 11) is 0. The summed E-state index contributed by atoms with van der Waals surface area (Å²) < 4.78 is 38.9. The van der Waals surface area contributed by atoms with Crippen LogP contribution < -0.4 is 5.32 Å². The predicted octanol–water partition coefficient (Wildman–Crippen LogP) is 3.42. The van der Waals surface area contributed by atoms with Gasteiger partial charge in [-0.2, -0.15) is 13.2 Å². The van der Waals surface area contributed by atoms with Crippen LogP contribution in [0.15, 0.2) is 24.3 Å². The zero-order chi connectivity index (χ0) is 16.2. The largest absolute Gasteiger partial charge is 0.508 e. The van der Waals surface area contributed by atoms with Crippen LogP contribution in [0.25, 0.3) is 0 Å². The van der Waals surface area contributed by atoms with E-state index in [0.29, 0.717) is 32.2 Å². The molecule has 1 aromatic carbocycles. The Labute approximate surface area is 127 Å². The molecule has 2 N–H and O–H groups in total. The molecule has 2 rings (SSSR count). The molecule has 0 heterocycles. The summed E-state index contributed by atoms with van der Waals surface area (Å²) in [6.45, 7) is 0.296. The summed E-state index contributed by atoms with van der Waals surface area (Å²) in [6.07, 6.45) is -2.24. The smallest absolute Gasteiger partial charge is 0.392 e. The van der Waals surface area contributed by atoms with Crippen molar-refractivity contribution >= 4 is 5.91 Å². The van der Waals surface area contributed by atoms with Crippen molar-refractivity contribution in [3.05, 3.63) is 29.8 Å². The van der Waals surface area contributed by atoms with Crippen molar-refractivity contribution in [2.24, 2.45) is 11.8 Å². The molecule has 1 aromatic rings. The number of phenolic OH excluding ortho intramolecular Hbond substituents is 1. The molecule has 1 fully saturated rings. The second kappa shape index (κ2) is 7.03. The van der Waals surface area contributed by atoms with Crippen LogP contribution in [0.1, 0.15) is 31.2 Å². The van der Waals surface area contributed by atoms with Gasteiger partial charge in [-0.25, -0.2) is 0 Å². The van der Waals surface area contributed by atoms with E-state index in [0.717, 1.165) is 5.56 Å². The minimum Gasteiger partial charge on any atom is -0.508 e. The number of nitrogens with one attached hydrogen (secondary N) is 1. The molecule has 0 saturated heterocycles. The number of alkyl halides is 3. The lowest BCUT2D eigenvalue weighted by Gasteiger charge is -2.32. The summed E-state index contributed by atoms with van der Waals surface area (Å²) in [5.41, 5.74) is 0.911. The number of carbonyl (C=O) groups is 1. The first-order valence-electron chi connectivity index (χ1n) is 7.50. The van der Waals surface area contributed by atoms with Gasteiger partial charge in [-0.3, -0.25) is 4.79 Å². The Morgan fingerprint density at radius 1 is 1.18 bits per heavy atom. The van der Waals surface area contributed by atoms with E-state index in [1.807, 2.05) is 0 Å². The molecule has 2 atom stereocenters. The van der Waals surface area contributed by atoms with Gasteiger partial charge in [0.1, 0.15) is 5.75 Å². The molecule has 0 aliphatic heterocycles. The predicted molar refractivity (Wildman–Crippen MR) is 76.3 cm³/mol. The van der Waals surface area contributed by atoms with Crippen LogP contribution in [0.3, 0.4) is 0 Å². The van der Waals surface area contributed by atoms with Gasteiger partial charge in [0.15, 0.2) is 0 Å². The fourth-order valence-electron chi connectivity index (χ4n) is 2.96. The van der Waals surface area contributed by atoms with E-state index in [2.05, 4.69) is 5.32 Å². The third-order valence-electron chi connectivity index (χ3n) is 4.17. The Morgan fingerprint density at radius 2 is 1.82 bits per heavy atom. The van der Waals surface area contributed by atoms with E-state index in [4.69, 9.17) is 5.11 Å². The highest BCUT2D eigenvalue weighted by molar-refractivity contribution is 5.79. The van der Waals surface area contributed by atoms with Gasteiger partial charge in [0, 0.05) is 12.5 Å². The molecule has 1 amide bonds. The van der Waals surface area contributed by atoms with Crippen LogP contribution in [-0.4, -0.2) is 23.7 Å². The SMILES string of the molecule is O=C(NCCc1ccc(O)cc1)C1CCCCC1C(F)(F)F. The highest BCUT2D eigenvalue weighted by atomic mass is 19.4. The Hall–Kier alpha value is -1.72. The van der Waals surface area contributed by atoms with Crippen LogP contribution in [0.5, 0.6) is 5.75 Å². The zero-order valence-electron chi connectivity index (χ0n) is 12.2. The van der Waals surface area contributed by atoms with Crippen LogP contribution >= 0.6 is 0 Å². The van der Waals surface area contributed by atoms with E-state index < -0.39 is 23.9 Å². The Balaban J connectivity index is 1.86. The van der Waals surface area contributed by atoms with Crippen molar-refractivity contribution in [3.8, 4) is 5.75 Å². The number of carbonyl (C=O) groups excluding carboxylic acids is 1. The third-order valence-corrected chi connectivity index (χ3v) is 4.17. The summed E-state index contributed by atoms with van der Waals surface area (Å²) >= 11 is 0. The number of halogens is 3. The molecule has 6 heteroatoms. The molecule has 0 bridgehead atoms. The van der Waals surface area contributed by atoms with Crippen molar-refractivity contribution in [3.63, 3.8) is 0 Å². The molecule has 122 valence electrons. The first-order chi connectivity index (χ1) is 10.4. The molecule has 22 heavy (non-hydrogen) atoms. The summed E-state index contributed by atoms with van der Waals surface area (Å²) in [5.74, 6) is -2.83. The van der Waals surface area contributed by atoms with Gasteiger partial charge in [-0.1, -0.05) is 25.0 Å². The average molecular weight is 315 g/mol. The Kier molecular flexibility index (Phi) is 5.32. The molecule has 0 aromatic heterocycles. The van der Waals surface area contributed by atoms with E-state index in [1.54, 1.807) is 12.1 Å². The summed E-state index contributed by atoms with van der Waals surface area (Å²) in [4.78, 5) is 12.0. The first-order valence-corrected chi connectivity index (χ1v) is 7.50. The lowest BCUT2D eigenvalue weighted by molar-refractivity contribution is -0.198. The second-order valence-corrected chi connectivity index (χ2v) is 5.75. The van der Waals surface area contributed by atoms with Crippen molar-refractivity contribution in [1.29, 1.82) is 0 Å². The molecule has 0 spiro atoms. The highest BCUT2D eigenvalue weighted by Crippen LogP contribution is 2.41. The minimum absolute atomic E-state index is 0.0412. The van der Waals surface area contributed by atoms with Crippen molar-refractivity contribution in [2.45, 2.75) is 38.3 Å². The van der Waals surface area contributed by atoms with Crippen LogP contribution in [0, 0.1) is 11.8 Å². The molecular formula is C16H20F3NO2. The van der Waals surface area contributed by atoms with Gasteiger partial charge in [0.25, 0.3) is 0 Å². The van der Waals surface area contributed by atoms with Gasteiger partial charge in [0.2, 0.25) is 5.91 Å². The molecule has 1 aliphatic rings. The maximum atomic E-state index is 13.0. The van der Waals surface area contributed by atoms with E-state index in [-0.39, 0.29) is 12.2 Å². The van der Waals surface area contributed by atoms with Crippen molar-refractivity contribution in [2.75, 3.05) is 6.54 Å². The number of amides is 1. The van der Waals surface area contributed by atoms with Gasteiger partial charge in [-0.05, 0) is 37.0 Å². The molecular weight excluding hydrogens is 295 g/mol. The zero-order valence-corrected chi connectivity index (χ0v) is 12.2. The normalized spacial score (nSPS) is 22.3. The summed E-state index contributed by atoms with van der Waals surface area (Å²) in [5, 5.41) is 11.8. The van der Waals surface area contributed by atoms with Crippen LogP contribution in [0.2, 0.25) is 0 Å². The maximum Gasteiger partial charge on any atom is 0.392 e. The third kappa shape index (κ3) is 4.39. The van der Waals surface area contributed by atoms with Gasteiger partial charge >= 0.3 is 6.18 Å². The number of hydrogen-bond acceptors (Lipinski definition) is 2. The lowest BCUT2D eigenvalue weighted by Crippen LogP contribution is -2.43. The number of benzene rings is 1. The minimum atomic E-state index is -4.31. The highest BCUT2D eigenvalue weighted by Gasteiger charge is 2.47. The fourth-order valence-corrected chi connectivity index (χ4v) is 2.96. The van der Waals surface area contributed by atoms with Crippen LogP contribution in [-0.2, 0) is 11.2 Å².